The Hall–Kier alpha value is -3.04. The Morgan fingerprint density at radius 1 is 1.19 bits per heavy atom. The van der Waals surface area contributed by atoms with Gasteiger partial charge in [0.05, 0.1) is 21.1 Å². The maximum atomic E-state index is 12.7. The zero-order valence-corrected chi connectivity index (χ0v) is 14.6. The van der Waals surface area contributed by atoms with Crippen molar-refractivity contribution in [3.8, 4) is 0 Å². The molecule has 2 aromatic rings. The average molecular weight is 386 g/mol. The number of nitro groups is 1. The smallest absolute Gasteiger partial charge is 0.336 e. The molecule has 1 N–H and O–H groups in total. The summed E-state index contributed by atoms with van der Waals surface area (Å²) in [5, 5.41) is 20.0. The third-order valence-electron chi connectivity index (χ3n) is 3.59. The number of rotatable bonds is 4. The molecule has 1 amide bonds. The molecule has 0 atom stereocenters. The van der Waals surface area contributed by atoms with Crippen LogP contribution in [0.4, 0.5) is 11.4 Å². The van der Waals surface area contributed by atoms with E-state index in [4.69, 9.17) is 12.2 Å². The first kappa shape index (κ1) is 17.8. The first-order valence-corrected chi connectivity index (χ1v) is 8.45. The molecule has 1 aliphatic rings. The second-order valence-corrected chi connectivity index (χ2v) is 6.86. The Kier molecular flexibility index (Phi) is 4.83. The van der Waals surface area contributed by atoms with E-state index in [9.17, 15) is 24.8 Å². The molecule has 0 saturated carbocycles. The molecule has 7 nitrogen and oxygen atoms in total. The predicted molar refractivity (Wildman–Crippen MR) is 102 cm³/mol. The fourth-order valence-corrected chi connectivity index (χ4v) is 3.66. The van der Waals surface area contributed by atoms with E-state index in [0.29, 0.717) is 11.3 Å². The predicted octanol–water partition coefficient (Wildman–Crippen LogP) is 3.70. The monoisotopic (exact) mass is 386 g/mol. The van der Waals surface area contributed by atoms with Crippen LogP contribution in [0.5, 0.6) is 0 Å². The Morgan fingerprint density at radius 3 is 2.46 bits per heavy atom. The van der Waals surface area contributed by atoms with Gasteiger partial charge in [-0.15, -0.1) is 0 Å². The van der Waals surface area contributed by atoms with E-state index in [-0.39, 0.29) is 20.5 Å². The molecule has 9 heteroatoms. The Balaban J connectivity index is 1.94. The first-order valence-electron chi connectivity index (χ1n) is 7.23. The highest BCUT2D eigenvalue weighted by Crippen LogP contribution is 2.36. The SMILES string of the molecule is O=C(O)c1ccccc1/C=C1/SC(=S)N(c2ccc([N+](=O)[O-])cc2)C1=O. The van der Waals surface area contributed by atoms with E-state index in [1.54, 1.807) is 18.2 Å². The molecule has 1 saturated heterocycles. The third kappa shape index (κ3) is 3.35. The van der Waals surface area contributed by atoms with Gasteiger partial charge in [-0.25, -0.2) is 4.79 Å². The number of hydrogen-bond donors (Lipinski definition) is 1. The zero-order chi connectivity index (χ0) is 18.8. The summed E-state index contributed by atoms with van der Waals surface area (Å²) in [6, 6.07) is 11.8. The van der Waals surface area contributed by atoms with Gasteiger partial charge in [0.25, 0.3) is 11.6 Å². The third-order valence-corrected chi connectivity index (χ3v) is 4.89. The van der Waals surface area contributed by atoms with Crippen LogP contribution in [0.25, 0.3) is 6.08 Å². The molecule has 0 radical (unpaired) electrons. The van der Waals surface area contributed by atoms with Crippen LogP contribution in [0.3, 0.4) is 0 Å². The second-order valence-electron chi connectivity index (χ2n) is 5.18. The minimum Gasteiger partial charge on any atom is -0.478 e. The summed E-state index contributed by atoms with van der Waals surface area (Å²) in [6.07, 6.45) is 1.48. The summed E-state index contributed by atoms with van der Waals surface area (Å²) in [6.45, 7) is 0. The van der Waals surface area contributed by atoms with Gasteiger partial charge in [0.15, 0.2) is 4.32 Å². The van der Waals surface area contributed by atoms with E-state index in [0.717, 1.165) is 11.8 Å². The molecule has 1 aliphatic heterocycles. The van der Waals surface area contributed by atoms with Crippen LogP contribution in [0.1, 0.15) is 15.9 Å². The van der Waals surface area contributed by atoms with E-state index >= 15 is 0 Å². The minimum atomic E-state index is -1.09. The van der Waals surface area contributed by atoms with Gasteiger partial charge in [-0.1, -0.05) is 42.2 Å². The summed E-state index contributed by atoms with van der Waals surface area (Å²) in [5.41, 5.74) is 0.787. The van der Waals surface area contributed by atoms with Crippen molar-refractivity contribution in [2.75, 3.05) is 4.90 Å². The fraction of sp³-hybridized carbons (Fsp3) is 0. The van der Waals surface area contributed by atoms with Crippen LogP contribution in [-0.4, -0.2) is 26.2 Å². The van der Waals surface area contributed by atoms with Crippen molar-refractivity contribution < 1.29 is 19.6 Å². The normalized spacial score (nSPS) is 15.5. The Bertz CT molecular complexity index is 969. The van der Waals surface area contributed by atoms with Crippen molar-refractivity contribution >= 4 is 57.6 Å². The van der Waals surface area contributed by atoms with Crippen LogP contribution in [0, 0.1) is 10.1 Å². The van der Waals surface area contributed by atoms with E-state index in [1.807, 2.05) is 0 Å². The van der Waals surface area contributed by atoms with Gasteiger partial charge in [0, 0.05) is 12.1 Å². The summed E-state index contributed by atoms with van der Waals surface area (Å²) in [5.74, 6) is -1.50. The molecule has 26 heavy (non-hydrogen) atoms. The van der Waals surface area contributed by atoms with Crippen LogP contribution in [0.2, 0.25) is 0 Å². The van der Waals surface area contributed by atoms with E-state index < -0.39 is 16.8 Å². The standard InChI is InChI=1S/C17H10N2O5S2/c20-15-14(9-10-3-1-2-4-13(10)16(21)22)26-17(25)18(15)11-5-7-12(8-6-11)19(23)24/h1-9H,(H,21,22)/b14-9+. The van der Waals surface area contributed by atoms with Crippen molar-refractivity contribution in [3.05, 3.63) is 74.7 Å². The molecular weight excluding hydrogens is 376 g/mol. The lowest BCUT2D eigenvalue weighted by Gasteiger charge is -2.13. The number of carboxylic acids is 1. The van der Waals surface area contributed by atoms with Crippen LogP contribution >= 0.6 is 24.0 Å². The number of carbonyl (C=O) groups excluding carboxylic acids is 1. The number of amides is 1. The lowest BCUT2D eigenvalue weighted by molar-refractivity contribution is -0.384. The average Bonchev–Trinajstić information content (AvgIpc) is 2.89. The van der Waals surface area contributed by atoms with Crippen LogP contribution in [-0.2, 0) is 4.79 Å². The highest BCUT2D eigenvalue weighted by atomic mass is 32.2. The number of thioether (sulfide) groups is 1. The van der Waals surface area contributed by atoms with Crippen molar-refractivity contribution in [1.82, 2.24) is 0 Å². The van der Waals surface area contributed by atoms with Gasteiger partial charge < -0.3 is 5.11 Å². The summed E-state index contributed by atoms with van der Waals surface area (Å²) in [7, 11) is 0. The lowest BCUT2D eigenvalue weighted by Crippen LogP contribution is -2.27. The number of nitrogens with zero attached hydrogens (tertiary/aromatic N) is 2. The number of nitro benzene ring substituents is 1. The molecule has 2 aromatic carbocycles. The molecule has 3 rings (SSSR count). The molecule has 1 heterocycles. The van der Waals surface area contributed by atoms with E-state index in [1.165, 1.54) is 41.3 Å². The molecule has 1 fully saturated rings. The molecular formula is C17H10N2O5S2. The first-order chi connectivity index (χ1) is 12.4. The van der Waals surface area contributed by atoms with Crippen molar-refractivity contribution in [2.24, 2.45) is 0 Å². The van der Waals surface area contributed by atoms with Crippen LogP contribution < -0.4 is 4.90 Å². The minimum absolute atomic E-state index is 0.0769. The van der Waals surface area contributed by atoms with Gasteiger partial charge in [0.2, 0.25) is 0 Å². The van der Waals surface area contributed by atoms with Crippen molar-refractivity contribution in [2.45, 2.75) is 0 Å². The largest absolute Gasteiger partial charge is 0.478 e. The molecule has 0 aliphatic carbocycles. The number of thiocarbonyl (C=S) groups is 1. The van der Waals surface area contributed by atoms with Gasteiger partial charge in [-0.3, -0.25) is 19.8 Å². The van der Waals surface area contributed by atoms with Gasteiger partial charge in [-0.2, -0.15) is 0 Å². The van der Waals surface area contributed by atoms with Crippen molar-refractivity contribution in [1.29, 1.82) is 0 Å². The Morgan fingerprint density at radius 2 is 1.85 bits per heavy atom. The van der Waals surface area contributed by atoms with Gasteiger partial charge in [-0.05, 0) is 29.8 Å². The highest BCUT2D eigenvalue weighted by molar-refractivity contribution is 8.27. The van der Waals surface area contributed by atoms with E-state index in [2.05, 4.69) is 0 Å². The van der Waals surface area contributed by atoms with Crippen molar-refractivity contribution in [3.63, 3.8) is 0 Å². The number of carboxylic acid groups (broad SMARTS) is 1. The van der Waals surface area contributed by atoms with Gasteiger partial charge >= 0.3 is 5.97 Å². The number of anilines is 1. The number of aromatic carboxylic acids is 1. The quantitative estimate of drug-likeness (QED) is 0.370. The highest BCUT2D eigenvalue weighted by Gasteiger charge is 2.33. The lowest BCUT2D eigenvalue weighted by atomic mass is 10.1. The molecule has 0 bridgehead atoms. The van der Waals surface area contributed by atoms with Crippen LogP contribution in [0.15, 0.2) is 53.4 Å². The van der Waals surface area contributed by atoms with Gasteiger partial charge in [0.1, 0.15) is 0 Å². The maximum Gasteiger partial charge on any atom is 0.336 e. The fourth-order valence-electron chi connectivity index (χ4n) is 2.37. The molecule has 0 aromatic heterocycles. The number of carbonyl (C=O) groups is 2. The molecule has 0 unspecified atom stereocenters. The summed E-state index contributed by atoms with van der Waals surface area (Å²) >= 11 is 6.28. The maximum absolute atomic E-state index is 12.7. The number of non-ortho nitro benzene ring substituents is 1. The topological polar surface area (TPSA) is 101 Å². The zero-order valence-electron chi connectivity index (χ0n) is 13.0. The second kappa shape index (κ2) is 7.06. The number of hydrogen-bond acceptors (Lipinski definition) is 6. The Labute approximate surface area is 157 Å². The number of benzene rings is 2. The molecule has 130 valence electrons. The summed E-state index contributed by atoms with van der Waals surface area (Å²) < 4.78 is 0.267. The summed E-state index contributed by atoms with van der Waals surface area (Å²) in [4.78, 5) is 35.7. The molecule has 0 spiro atoms.